The number of hydrogen-bond donors (Lipinski definition) is 0. The number of halogens is 26. The molecule has 0 heterocycles. The minimum absolute atomic E-state index is 1.46. The Labute approximate surface area is 218 Å². The van der Waals surface area contributed by atoms with Crippen LogP contribution in [-0.2, 0) is 9.47 Å². The van der Waals surface area contributed by atoms with Crippen molar-refractivity contribution in [1.29, 1.82) is 0 Å². The van der Waals surface area contributed by atoms with Crippen LogP contribution in [0.1, 0.15) is 0 Å². The van der Waals surface area contributed by atoms with Gasteiger partial charge in [-0.1, -0.05) is 11.8 Å². The van der Waals surface area contributed by atoms with Gasteiger partial charge in [-0.25, -0.2) is 8.78 Å². The van der Waals surface area contributed by atoms with Crippen LogP contribution in [0.2, 0.25) is 0 Å². The minimum atomic E-state index is -8.19. The first-order valence-electron chi connectivity index (χ1n) is 9.14. The van der Waals surface area contributed by atoms with Crippen LogP contribution < -0.4 is 0 Å². The molecule has 4 unspecified atom stereocenters. The maximum atomic E-state index is 14.8. The van der Waals surface area contributed by atoms with E-state index in [1.807, 2.05) is 0 Å². The number of hydrogen-bond acceptors (Lipinski definition) is 3. The molecular formula is C14F26O2S. The molecule has 0 aromatic rings. The summed E-state index contributed by atoms with van der Waals surface area (Å²) in [7, 11) is 0. The highest BCUT2D eigenvalue weighted by molar-refractivity contribution is 8.02. The topological polar surface area (TPSA) is 18.5 Å². The molecule has 43 heavy (non-hydrogen) atoms. The second kappa shape index (κ2) is 8.62. The number of alkyl halides is 26. The highest BCUT2D eigenvalue weighted by Crippen LogP contribution is 2.82. The molecule has 2 fully saturated rings. The molecule has 2 nitrogen and oxygen atoms in total. The summed E-state index contributed by atoms with van der Waals surface area (Å²) in [6.45, 7) is 0. The van der Waals surface area contributed by atoms with E-state index in [1.54, 1.807) is 0 Å². The zero-order chi connectivity index (χ0) is 35.1. The Hall–Kier alpha value is -1.55. The van der Waals surface area contributed by atoms with Crippen molar-refractivity contribution in [3.63, 3.8) is 0 Å². The molecule has 2 rings (SSSR count). The fourth-order valence-electron chi connectivity index (χ4n) is 3.14. The first kappa shape index (κ1) is 37.6. The molecule has 4 atom stereocenters. The van der Waals surface area contributed by atoms with Gasteiger partial charge in [0.25, 0.3) is 10.0 Å². The Bertz CT molecular complexity index is 1000. The average Bonchev–Trinajstić information content (AvgIpc) is 2.73. The van der Waals surface area contributed by atoms with Crippen LogP contribution in [0.4, 0.5) is 114 Å². The van der Waals surface area contributed by atoms with E-state index in [0.29, 0.717) is 0 Å². The molecule has 2 aliphatic carbocycles. The van der Waals surface area contributed by atoms with Crippen LogP contribution in [0, 0.1) is 0 Å². The molecule has 2 aliphatic rings. The lowest BCUT2D eigenvalue weighted by Crippen LogP contribution is -2.92. The quantitative estimate of drug-likeness (QED) is 0.256. The summed E-state index contributed by atoms with van der Waals surface area (Å²) in [4.78, 5) is 0. The fourth-order valence-corrected chi connectivity index (χ4v) is 4.65. The monoisotopic (exact) mass is 726 g/mol. The average molecular weight is 726 g/mol. The van der Waals surface area contributed by atoms with Crippen LogP contribution in [0.25, 0.3) is 0 Å². The smallest absolute Gasteiger partial charge is 0.285 e. The molecule has 2 saturated carbocycles. The van der Waals surface area contributed by atoms with E-state index < -0.39 is 93.6 Å². The molecule has 256 valence electrons. The summed E-state index contributed by atoms with van der Waals surface area (Å²) < 4.78 is 350. The summed E-state index contributed by atoms with van der Waals surface area (Å²) in [5, 5.41) is -15.6. The fraction of sp³-hybridized carbons (Fsp3) is 1.00. The van der Waals surface area contributed by atoms with Crippen LogP contribution in [0.5, 0.6) is 0 Å². The highest BCUT2D eigenvalue weighted by Gasteiger charge is 3.09. The van der Waals surface area contributed by atoms with Gasteiger partial charge < -0.3 is 0 Å². The van der Waals surface area contributed by atoms with Crippen LogP contribution in [-0.4, -0.2) is 81.8 Å². The van der Waals surface area contributed by atoms with Crippen molar-refractivity contribution in [2.24, 2.45) is 0 Å². The van der Waals surface area contributed by atoms with E-state index in [0.717, 1.165) is 0 Å². The molecule has 0 amide bonds. The first-order chi connectivity index (χ1) is 18.1. The van der Waals surface area contributed by atoms with Crippen molar-refractivity contribution in [3.8, 4) is 0 Å². The van der Waals surface area contributed by atoms with Gasteiger partial charge in [0.1, 0.15) is 0 Å². The van der Waals surface area contributed by atoms with Gasteiger partial charge in [0.2, 0.25) is 0 Å². The minimum Gasteiger partial charge on any atom is -0.285 e. The van der Waals surface area contributed by atoms with E-state index in [-0.39, 0.29) is 0 Å². The third kappa shape index (κ3) is 3.86. The van der Waals surface area contributed by atoms with Crippen LogP contribution in [0.3, 0.4) is 0 Å². The largest absolute Gasteiger partial charge is 0.458 e. The second-order valence-corrected chi connectivity index (χ2v) is 9.50. The molecular weight excluding hydrogens is 726 g/mol. The zero-order valence-electron chi connectivity index (χ0n) is 18.1. The second-order valence-electron chi connectivity index (χ2n) is 8.17. The third-order valence-corrected chi connectivity index (χ3v) is 7.13. The third-order valence-electron chi connectivity index (χ3n) is 5.53. The van der Waals surface area contributed by atoms with E-state index in [4.69, 9.17) is 0 Å². The normalized spacial score (nSPS) is 36.1. The lowest BCUT2D eigenvalue weighted by molar-refractivity contribution is -0.552. The van der Waals surface area contributed by atoms with Gasteiger partial charge >= 0.3 is 71.8 Å². The van der Waals surface area contributed by atoms with E-state index in [2.05, 4.69) is 0 Å². The molecule has 0 aliphatic heterocycles. The first-order valence-corrected chi connectivity index (χ1v) is 9.95. The molecule has 29 heteroatoms. The van der Waals surface area contributed by atoms with Crippen LogP contribution in [0.15, 0.2) is 0 Å². The Kier molecular flexibility index (Phi) is 7.55. The molecule has 0 aromatic carbocycles. The number of thioether (sulfide) groups is 1. The van der Waals surface area contributed by atoms with Crippen molar-refractivity contribution >= 4 is 11.8 Å². The van der Waals surface area contributed by atoms with Gasteiger partial charge in [0.05, 0.1) is 0 Å². The van der Waals surface area contributed by atoms with Crippen molar-refractivity contribution < 1.29 is 124 Å². The molecule has 0 saturated heterocycles. The summed E-state index contributed by atoms with van der Waals surface area (Å²) in [5.41, 5.74) is 0. The summed E-state index contributed by atoms with van der Waals surface area (Å²) in [5.74, 6) is -63.6. The summed E-state index contributed by atoms with van der Waals surface area (Å²) in [6.07, 6.45) is -32.2. The Morgan fingerprint density at radius 2 is 0.512 bits per heavy atom. The molecule has 0 radical (unpaired) electrons. The predicted molar refractivity (Wildman–Crippen MR) is 76.8 cm³/mol. The summed E-state index contributed by atoms with van der Waals surface area (Å²) >= 11 is -4.16. The van der Waals surface area contributed by atoms with Gasteiger partial charge in [-0.3, -0.25) is 9.47 Å². The Morgan fingerprint density at radius 1 is 0.326 bits per heavy atom. The zero-order valence-corrected chi connectivity index (χ0v) is 18.9. The maximum Gasteiger partial charge on any atom is 0.458 e. The standard InChI is InChI=1S/C14F26O2S/c15-1(16)3(19,20)9(27,5(1,23)41-7(25,11(29,30)31)12(32,33)34)43-10(28)4(21,22)2(17,18)6(10,24)42-8(26,13(35,36)37)14(38,39)40. The number of rotatable bonds is 6. The number of ether oxygens (including phenoxy) is 2. The van der Waals surface area contributed by atoms with E-state index in [1.165, 1.54) is 9.47 Å². The van der Waals surface area contributed by atoms with E-state index in [9.17, 15) is 114 Å². The van der Waals surface area contributed by atoms with Crippen molar-refractivity contribution in [2.75, 3.05) is 0 Å². The SMILES string of the molecule is FC(F)(F)C(F)(OC1(F)C(F)(F)C(F)(F)C1(F)SC1(F)C(F)(F)C(F)(F)C1(F)OC(F)(C(F)(F)F)C(F)(F)F)C(F)(F)F. The highest BCUT2D eigenvalue weighted by atomic mass is 32.2. The lowest BCUT2D eigenvalue weighted by atomic mass is 9.78. The van der Waals surface area contributed by atoms with Crippen molar-refractivity contribution in [3.05, 3.63) is 0 Å². The van der Waals surface area contributed by atoms with Crippen molar-refractivity contribution in [1.82, 2.24) is 0 Å². The van der Waals surface area contributed by atoms with Gasteiger partial charge in [0.15, 0.2) is 0 Å². The van der Waals surface area contributed by atoms with Gasteiger partial charge in [-0.15, -0.1) is 0 Å². The van der Waals surface area contributed by atoms with Crippen molar-refractivity contribution in [2.45, 2.75) is 81.8 Å². The lowest BCUT2D eigenvalue weighted by Gasteiger charge is -2.63. The maximum absolute atomic E-state index is 14.8. The Morgan fingerprint density at radius 3 is 0.674 bits per heavy atom. The molecule has 0 N–H and O–H groups in total. The molecule has 0 spiro atoms. The van der Waals surface area contributed by atoms with Crippen LogP contribution >= 0.6 is 11.8 Å². The Balaban J connectivity index is 2.88. The van der Waals surface area contributed by atoms with E-state index >= 15 is 0 Å². The van der Waals surface area contributed by atoms with Gasteiger partial charge in [0, 0.05) is 0 Å². The summed E-state index contributed by atoms with van der Waals surface area (Å²) in [6, 6.07) is 0. The molecule has 0 bridgehead atoms. The van der Waals surface area contributed by atoms with Gasteiger partial charge in [-0.05, 0) is 0 Å². The van der Waals surface area contributed by atoms with Gasteiger partial charge in [-0.2, -0.15) is 105 Å². The molecule has 0 aromatic heterocycles. The predicted octanol–water partition coefficient (Wildman–Crippen LogP) is 8.57.